The number of allylic oxidation sites excluding steroid dienone is 3. The smallest absolute Gasteiger partial charge is 0.0723 e. The molecule has 0 aliphatic carbocycles. The number of aliphatic hydroxyl groups is 1. The van der Waals surface area contributed by atoms with E-state index in [1.54, 1.807) is 0 Å². The first-order chi connectivity index (χ1) is 8.31. The number of unbranched alkanes of at least 4 members (excludes halogenated alkanes) is 6. The SMILES string of the molecule is CCCCCCC=CC=CC(O)CCCCC. The van der Waals surface area contributed by atoms with Gasteiger partial charge in [-0.05, 0) is 19.3 Å². The van der Waals surface area contributed by atoms with Gasteiger partial charge in [-0.2, -0.15) is 0 Å². The standard InChI is InChI=1S/C16H30O/c1-3-5-7-8-9-10-11-13-15-16(17)14-12-6-4-2/h10-11,13,15-17H,3-9,12,14H2,1-2H3. The fourth-order valence-electron chi connectivity index (χ4n) is 1.76. The molecule has 0 rings (SSSR count). The third kappa shape index (κ3) is 13.4. The zero-order valence-corrected chi connectivity index (χ0v) is 11.7. The molecule has 0 saturated heterocycles. The van der Waals surface area contributed by atoms with E-state index in [4.69, 9.17) is 0 Å². The molecule has 0 amide bonds. The van der Waals surface area contributed by atoms with Gasteiger partial charge in [0.15, 0.2) is 0 Å². The molecule has 0 aromatic carbocycles. The zero-order chi connectivity index (χ0) is 12.8. The summed E-state index contributed by atoms with van der Waals surface area (Å²) in [5.74, 6) is 0. The van der Waals surface area contributed by atoms with Crippen LogP contribution in [0, 0.1) is 0 Å². The Morgan fingerprint density at radius 2 is 1.59 bits per heavy atom. The van der Waals surface area contributed by atoms with Crippen molar-refractivity contribution < 1.29 is 5.11 Å². The predicted octanol–water partition coefficient (Wildman–Crippen LogP) is 5.01. The monoisotopic (exact) mass is 238 g/mol. The normalized spacial score (nSPS) is 13.8. The van der Waals surface area contributed by atoms with Crippen LogP contribution >= 0.6 is 0 Å². The zero-order valence-electron chi connectivity index (χ0n) is 11.7. The first-order valence-electron chi connectivity index (χ1n) is 7.32. The second-order valence-corrected chi connectivity index (χ2v) is 4.73. The van der Waals surface area contributed by atoms with Crippen LogP contribution in [0.5, 0.6) is 0 Å². The fourth-order valence-corrected chi connectivity index (χ4v) is 1.76. The average molecular weight is 238 g/mol. The van der Waals surface area contributed by atoms with Crippen molar-refractivity contribution in [1.82, 2.24) is 0 Å². The first-order valence-corrected chi connectivity index (χ1v) is 7.32. The van der Waals surface area contributed by atoms with Crippen molar-refractivity contribution in [2.24, 2.45) is 0 Å². The fraction of sp³-hybridized carbons (Fsp3) is 0.750. The summed E-state index contributed by atoms with van der Waals surface area (Å²) in [5.41, 5.74) is 0. The Kier molecular flexibility index (Phi) is 13.1. The van der Waals surface area contributed by atoms with Gasteiger partial charge in [-0.25, -0.2) is 0 Å². The lowest BCUT2D eigenvalue weighted by Crippen LogP contribution is -2.00. The lowest BCUT2D eigenvalue weighted by Gasteiger charge is -2.03. The highest BCUT2D eigenvalue weighted by Gasteiger charge is 1.96. The molecular weight excluding hydrogens is 208 g/mol. The molecule has 0 heterocycles. The minimum absolute atomic E-state index is 0.258. The average Bonchev–Trinajstić information content (AvgIpc) is 2.33. The Labute approximate surface area is 108 Å². The number of hydrogen-bond donors (Lipinski definition) is 1. The molecule has 1 nitrogen and oxygen atoms in total. The van der Waals surface area contributed by atoms with Gasteiger partial charge in [-0.15, -0.1) is 0 Å². The van der Waals surface area contributed by atoms with Crippen molar-refractivity contribution in [1.29, 1.82) is 0 Å². The summed E-state index contributed by atoms with van der Waals surface area (Å²) in [4.78, 5) is 0. The topological polar surface area (TPSA) is 20.2 Å². The summed E-state index contributed by atoms with van der Waals surface area (Å²) >= 11 is 0. The van der Waals surface area contributed by atoms with Crippen LogP contribution in [0.2, 0.25) is 0 Å². The van der Waals surface area contributed by atoms with Crippen LogP contribution in [0.4, 0.5) is 0 Å². The highest BCUT2D eigenvalue weighted by Crippen LogP contribution is 2.05. The van der Waals surface area contributed by atoms with Crippen molar-refractivity contribution in [2.75, 3.05) is 0 Å². The lowest BCUT2D eigenvalue weighted by atomic mass is 10.1. The van der Waals surface area contributed by atoms with Crippen molar-refractivity contribution in [3.63, 3.8) is 0 Å². The summed E-state index contributed by atoms with van der Waals surface area (Å²) < 4.78 is 0. The van der Waals surface area contributed by atoms with Crippen molar-refractivity contribution in [3.8, 4) is 0 Å². The lowest BCUT2D eigenvalue weighted by molar-refractivity contribution is 0.208. The van der Waals surface area contributed by atoms with Crippen LogP contribution in [-0.4, -0.2) is 11.2 Å². The van der Waals surface area contributed by atoms with Gasteiger partial charge in [-0.1, -0.05) is 76.7 Å². The Morgan fingerprint density at radius 1 is 0.882 bits per heavy atom. The molecule has 17 heavy (non-hydrogen) atoms. The Morgan fingerprint density at radius 3 is 2.29 bits per heavy atom. The molecule has 0 saturated carbocycles. The quantitative estimate of drug-likeness (QED) is 0.396. The molecule has 0 aromatic heterocycles. The maximum atomic E-state index is 9.63. The van der Waals surface area contributed by atoms with Gasteiger partial charge in [0.1, 0.15) is 0 Å². The summed E-state index contributed by atoms with van der Waals surface area (Å²) in [6.07, 6.45) is 18.8. The largest absolute Gasteiger partial charge is 0.389 e. The summed E-state index contributed by atoms with van der Waals surface area (Å²) in [5, 5.41) is 9.63. The summed E-state index contributed by atoms with van der Waals surface area (Å²) in [6, 6.07) is 0. The van der Waals surface area contributed by atoms with E-state index in [-0.39, 0.29) is 6.10 Å². The van der Waals surface area contributed by atoms with Crippen LogP contribution in [-0.2, 0) is 0 Å². The summed E-state index contributed by atoms with van der Waals surface area (Å²) in [6.45, 7) is 4.42. The molecule has 0 aromatic rings. The predicted molar refractivity (Wildman–Crippen MR) is 77.2 cm³/mol. The maximum Gasteiger partial charge on any atom is 0.0723 e. The number of aliphatic hydroxyl groups excluding tert-OH is 1. The third-order valence-electron chi connectivity index (χ3n) is 2.91. The molecule has 0 spiro atoms. The van der Waals surface area contributed by atoms with E-state index in [1.807, 2.05) is 12.2 Å². The van der Waals surface area contributed by atoms with Crippen LogP contribution in [0.25, 0.3) is 0 Å². The highest BCUT2D eigenvalue weighted by atomic mass is 16.3. The van der Waals surface area contributed by atoms with Gasteiger partial charge in [0.25, 0.3) is 0 Å². The van der Waals surface area contributed by atoms with E-state index in [0.717, 1.165) is 19.3 Å². The molecule has 1 N–H and O–H groups in total. The van der Waals surface area contributed by atoms with Crippen LogP contribution in [0.15, 0.2) is 24.3 Å². The molecule has 0 aliphatic rings. The van der Waals surface area contributed by atoms with E-state index >= 15 is 0 Å². The second kappa shape index (κ2) is 13.5. The van der Waals surface area contributed by atoms with Gasteiger partial charge in [0, 0.05) is 0 Å². The number of hydrogen-bond acceptors (Lipinski definition) is 1. The Bertz CT molecular complexity index is 194. The maximum absolute atomic E-state index is 9.63. The van der Waals surface area contributed by atoms with Crippen LogP contribution in [0.1, 0.15) is 71.6 Å². The molecule has 0 radical (unpaired) electrons. The molecule has 0 fully saturated rings. The third-order valence-corrected chi connectivity index (χ3v) is 2.91. The van der Waals surface area contributed by atoms with Gasteiger partial charge in [0.05, 0.1) is 6.10 Å². The van der Waals surface area contributed by atoms with E-state index in [9.17, 15) is 5.11 Å². The molecule has 100 valence electrons. The van der Waals surface area contributed by atoms with Crippen molar-refractivity contribution in [2.45, 2.75) is 77.7 Å². The molecule has 0 aliphatic heterocycles. The molecular formula is C16H30O. The van der Waals surface area contributed by atoms with Crippen molar-refractivity contribution in [3.05, 3.63) is 24.3 Å². The van der Waals surface area contributed by atoms with Gasteiger partial charge < -0.3 is 5.11 Å². The number of rotatable bonds is 11. The minimum atomic E-state index is -0.258. The molecule has 1 unspecified atom stereocenters. The van der Waals surface area contributed by atoms with Crippen molar-refractivity contribution >= 4 is 0 Å². The molecule has 0 bridgehead atoms. The second-order valence-electron chi connectivity index (χ2n) is 4.73. The minimum Gasteiger partial charge on any atom is -0.389 e. The van der Waals surface area contributed by atoms with E-state index in [0.29, 0.717) is 0 Å². The van der Waals surface area contributed by atoms with E-state index in [1.165, 1.54) is 38.5 Å². The highest BCUT2D eigenvalue weighted by molar-refractivity contribution is 5.04. The van der Waals surface area contributed by atoms with E-state index in [2.05, 4.69) is 26.0 Å². The molecule has 1 atom stereocenters. The molecule has 1 heteroatoms. The van der Waals surface area contributed by atoms with Gasteiger partial charge in [-0.3, -0.25) is 0 Å². The van der Waals surface area contributed by atoms with Crippen LogP contribution in [0.3, 0.4) is 0 Å². The Hall–Kier alpha value is -0.560. The van der Waals surface area contributed by atoms with Gasteiger partial charge >= 0.3 is 0 Å². The Balaban J connectivity index is 3.40. The van der Waals surface area contributed by atoms with E-state index < -0.39 is 0 Å². The first kappa shape index (κ1) is 16.4. The van der Waals surface area contributed by atoms with Gasteiger partial charge in [0.2, 0.25) is 0 Å². The van der Waals surface area contributed by atoms with Crippen LogP contribution < -0.4 is 0 Å². The summed E-state index contributed by atoms with van der Waals surface area (Å²) in [7, 11) is 0.